The number of unbranched alkanes of at least 4 members (excludes halogenated alkanes) is 6. The molecule has 1 nitrogen and oxygen atoms in total. The molecule has 0 aliphatic rings. The monoisotopic (exact) mass is 211 g/mol. The van der Waals surface area contributed by atoms with Crippen molar-refractivity contribution in [2.24, 2.45) is 0 Å². The molecule has 0 spiro atoms. The van der Waals surface area contributed by atoms with E-state index in [0.29, 0.717) is 0 Å². The third-order valence-electron chi connectivity index (χ3n) is 2.84. The van der Waals surface area contributed by atoms with Crippen molar-refractivity contribution in [2.75, 3.05) is 20.1 Å². The van der Waals surface area contributed by atoms with Gasteiger partial charge in [-0.05, 0) is 45.8 Å². The molecule has 0 unspecified atom stereocenters. The molecule has 0 saturated carbocycles. The van der Waals surface area contributed by atoms with E-state index < -0.39 is 0 Å². The third kappa shape index (κ3) is 11.6. The van der Waals surface area contributed by atoms with Gasteiger partial charge in [-0.1, -0.05) is 38.7 Å². The molecule has 0 aliphatic carbocycles. The first kappa shape index (κ1) is 14.7. The smallest absolute Gasteiger partial charge is 0.00218 e. The molecular weight excluding hydrogens is 182 g/mol. The molecule has 90 valence electrons. The molecule has 0 heterocycles. The fraction of sp³-hybridized carbons (Fsp3) is 0.857. The van der Waals surface area contributed by atoms with Crippen LogP contribution in [0.4, 0.5) is 0 Å². The van der Waals surface area contributed by atoms with Crippen LogP contribution in [0.15, 0.2) is 12.7 Å². The highest BCUT2D eigenvalue weighted by Gasteiger charge is 1.97. The van der Waals surface area contributed by atoms with E-state index in [1.54, 1.807) is 0 Å². The van der Waals surface area contributed by atoms with Crippen LogP contribution in [0.25, 0.3) is 0 Å². The summed E-state index contributed by atoms with van der Waals surface area (Å²) in [7, 11) is 2.25. The van der Waals surface area contributed by atoms with Crippen molar-refractivity contribution < 1.29 is 0 Å². The van der Waals surface area contributed by atoms with Gasteiger partial charge in [0, 0.05) is 0 Å². The summed E-state index contributed by atoms with van der Waals surface area (Å²) in [4.78, 5) is 2.48. The lowest BCUT2D eigenvalue weighted by molar-refractivity contribution is 0.316. The topological polar surface area (TPSA) is 3.24 Å². The van der Waals surface area contributed by atoms with E-state index in [0.717, 1.165) is 0 Å². The molecule has 0 aromatic carbocycles. The second kappa shape index (κ2) is 11.8. The average molecular weight is 211 g/mol. The minimum atomic E-state index is 1.18. The molecule has 0 bridgehead atoms. The van der Waals surface area contributed by atoms with Crippen LogP contribution in [0.3, 0.4) is 0 Å². The Balaban J connectivity index is 3.11. The fourth-order valence-electron chi connectivity index (χ4n) is 1.77. The van der Waals surface area contributed by atoms with Gasteiger partial charge >= 0.3 is 0 Å². The van der Waals surface area contributed by atoms with Crippen LogP contribution in [0.2, 0.25) is 0 Å². The predicted molar refractivity (Wildman–Crippen MR) is 70.3 cm³/mol. The maximum Gasteiger partial charge on any atom is -0.00218 e. The second-order valence-electron chi connectivity index (χ2n) is 4.50. The summed E-state index contributed by atoms with van der Waals surface area (Å²) in [5.41, 5.74) is 0. The van der Waals surface area contributed by atoms with E-state index in [9.17, 15) is 0 Å². The zero-order chi connectivity index (χ0) is 11.4. The van der Waals surface area contributed by atoms with Crippen LogP contribution in [0.5, 0.6) is 0 Å². The van der Waals surface area contributed by atoms with E-state index in [1.165, 1.54) is 64.5 Å². The second-order valence-corrected chi connectivity index (χ2v) is 4.50. The zero-order valence-electron chi connectivity index (χ0n) is 10.8. The van der Waals surface area contributed by atoms with Crippen LogP contribution in [-0.4, -0.2) is 25.0 Å². The van der Waals surface area contributed by atoms with Crippen LogP contribution < -0.4 is 0 Å². The largest absolute Gasteiger partial charge is 0.306 e. The van der Waals surface area contributed by atoms with Crippen LogP contribution in [0, 0.1) is 0 Å². The molecular formula is C14H29N. The maximum absolute atomic E-state index is 3.74. The van der Waals surface area contributed by atoms with Crippen molar-refractivity contribution >= 4 is 0 Å². The van der Waals surface area contributed by atoms with Crippen molar-refractivity contribution in [1.82, 2.24) is 4.90 Å². The summed E-state index contributed by atoms with van der Waals surface area (Å²) in [6, 6.07) is 0. The van der Waals surface area contributed by atoms with Gasteiger partial charge < -0.3 is 4.90 Å². The van der Waals surface area contributed by atoms with Crippen LogP contribution in [0.1, 0.15) is 58.3 Å². The third-order valence-corrected chi connectivity index (χ3v) is 2.84. The van der Waals surface area contributed by atoms with Crippen LogP contribution in [-0.2, 0) is 0 Å². The molecule has 0 amide bonds. The Hall–Kier alpha value is -0.300. The van der Waals surface area contributed by atoms with Gasteiger partial charge in [0.15, 0.2) is 0 Å². The molecule has 0 aromatic heterocycles. The number of allylic oxidation sites excluding steroid dienone is 1. The highest BCUT2D eigenvalue weighted by molar-refractivity contribution is 4.65. The van der Waals surface area contributed by atoms with Gasteiger partial charge in [-0.25, -0.2) is 0 Å². The number of rotatable bonds is 11. The lowest BCUT2D eigenvalue weighted by Gasteiger charge is -2.15. The van der Waals surface area contributed by atoms with Gasteiger partial charge in [-0.2, -0.15) is 0 Å². The quantitative estimate of drug-likeness (QED) is 0.365. The number of nitrogens with zero attached hydrogens (tertiary/aromatic N) is 1. The zero-order valence-corrected chi connectivity index (χ0v) is 10.8. The van der Waals surface area contributed by atoms with E-state index in [4.69, 9.17) is 0 Å². The van der Waals surface area contributed by atoms with Gasteiger partial charge in [0.2, 0.25) is 0 Å². The Bertz CT molecular complexity index is 131. The van der Waals surface area contributed by atoms with Crippen molar-refractivity contribution in [3.8, 4) is 0 Å². The van der Waals surface area contributed by atoms with E-state index in [-0.39, 0.29) is 0 Å². The Morgan fingerprint density at radius 2 is 1.53 bits per heavy atom. The normalized spacial score (nSPS) is 10.9. The minimum absolute atomic E-state index is 1.18. The molecule has 15 heavy (non-hydrogen) atoms. The lowest BCUT2D eigenvalue weighted by Crippen LogP contribution is -2.20. The van der Waals surface area contributed by atoms with Gasteiger partial charge in [-0.3, -0.25) is 0 Å². The molecule has 0 aliphatic heterocycles. The van der Waals surface area contributed by atoms with E-state index in [1.807, 2.05) is 6.08 Å². The van der Waals surface area contributed by atoms with Crippen molar-refractivity contribution in [1.29, 1.82) is 0 Å². The first-order valence-corrected chi connectivity index (χ1v) is 6.60. The summed E-state index contributed by atoms with van der Waals surface area (Å²) in [6.45, 7) is 8.55. The SMILES string of the molecule is C=CCCCCCN(C)CCCCCC. The molecule has 0 radical (unpaired) electrons. The highest BCUT2D eigenvalue weighted by Crippen LogP contribution is 2.03. The number of hydrogen-bond acceptors (Lipinski definition) is 1. The van der Waals surface area contributed by atoms with Gasteiger partial charge in [0.1, 0.15) is 0 Å². The molecule has 0 atom stereocenters. The van der Waals surface area contributed by atoms with Gasteiger partial charge in [-0.15, -0.1) is 6.58 Å². The Morgan fingerprint density at radius 3 is 2.07 bits per heavy atom. The first-order chi connectivity index (χ1) is 7.31. The average Bonchev–Trinajstić information content (AvgIpc) is 2.24. The summed E-state index contributed by atoms with van der Waals surface area (Å²) in [6.07, 6.45) is 12.7. The molecule has 0 aromatic rings. The Morgan fingerprint density at radius 1 is 0.933 bits per heavy atom. The van der Waals surface area contributed by atoms with Crippen molar-refractivity contribution in [3.05, 3.63) is 12.7 Å². The highest BCUT2D eigenvalue weighted by atomic mass is 15.1. The molecule has 0 fully saturated rings. The molecule has 0 N–H and O–H groups in total. The number of hydrogen-bond donors (Lipinski definition) is 0. The minimum Gasteiger partial charge on any atom is -0.306 e. The first-order valence-electron chi connectivity index (χ1n) is 6.60. The van der Waals surface area contributed by atoms with Gasteiger partial charge in [0.25, 0.3) is 0 Å². The van der Waals surface area contributed by atoms with E-state index >= 15 is 0 Å². The molecule has 1 heteroatoms. The maximum atomic E-state index is 3.74. The van der Waals surface area contributed by atoms with Crippen molar-refractivity contribution in [2.45, 2.75) is 58.3 Å². The van der Waals surface area contributed by atoms with E-state index in [2.05, 4.69) is 25.5 Å². The Kier molecular flexibility index (Phi) is 11.5. The predicted octanol–water partition coefficient (Wildman–Crippen LogP) is 4.24. The van der Waals surface area contributed by atoms with Crippen LogP contribution >= 0.6 is 0 Å². The summed E-state index contributed by atoms with van der Waals surface area (Å²) in [5, 5.41) is 0. The standard InChI is InChI=1S/C14H29N/c1-4-6-8-10-12-14-15(3)13-11-9-7-5-2/h4H,1,5-14H2,2-3H3. The molecule has 0 rings (SSSR count). The lowest BCUT2D eigenvalue weighted by atomic mass is 10.1. The summed E-state index contributed by atoms with van der Waals surface area (Å²) in [5.74, 6) is 0. The van der Waals surface area contributed by atoms with Gasteiger partial charge in [0.05, 0.1) is 0 Å². The molecule has 0 saturated heterocycles. The summed E-state index contributed by atoms with van der Waals surface area (Å²) < 4.78 is 0. The summed E-state index contributed by atoms with van der Waals surface area (Å²) >= 11 is 0. The fourth-order valence-corrected chi connectivity index (χ4v) is 1.77. The Labute approximate surface area is 96.6 Å². The van der Waals surface area contributed by atoms with Crippen molar-refractivity contribution in [3.63, 3.8) is 0 Å².